The van der Waals surface area contributed by atoms with E-state index < -0.39 is 11.7 Å². The SMILES string of the molecule is CCOc1cccc(C(=O)N2CCCCC2CNC(=O)OC(C)(C)C)c1. The van der Waals surface area contributed by atoms with E-state index in [0.29, 0.717) is 31.0 Å². The van der Waals surface area contributed by atoms with Crippen molar-refractivity contribution in [3.63, 3.8) is 0 Å². The summed E-state index contributed by atoms with van der Waals surface area (Å²) in [6.07, 6.45) is 2.43. The second-order valence-corrected chi connectivity index (χ2v) is 7.49. The maximum absolute atomic E-state index is 13.0. The summed E-state index contributed by atoms with van der Waals surface area (Å²) in [4.78, 5) is 26.7. The van der Waals surface area contributed by atoms with Crippen molar-refractivity contribution in [1.29, 1.82) is 0 Å². The van der Waals surface area contributed by atoms with E-state index in [1.807, 2.05) is 44.7 Å². The highest BCUT2D eigenvalue weighted by Crippen LogP contribution is 2.21. The first-order chi connectivity index (χ1) is 12.3. The van der Waals surface area contributed by atoms with Crippen LogP contribution in [0.25, 0.3) is 0 Å². The number of hydrogen-bond acceptors (Lipinski definition) is 4. The predicted octanol–water partition coefficient (Wildman–Crippen LogP) is 3.60. The first kappa shape index (κ1) is 20.1. The molecule has 0 aliphatic carbocycles. The molecule has 26 heavy (non-hydrogen) atoms. The van der Waals surface area contributed by atoms with E-state index in [9.17, 15) is 9.59 Å². The molecule has 0 aromatic heterocycles. The fraction of sp³-hybridized carbons (Fsp3) is 0.600. The van der Waals surface area contributed by atoms with Crippen LogP contribution in [0.2, 0.25) is 0 Å². The number of likely N-dealkylation sites (tertiary alicyclic amines) is 1. The minimum Gasteiger partial charge on any atom is -0.494 e. The van der Waals surface area contributed by atoms with Crippen molar-refractivity contribution in [3.05, 3.63) is 29.8 Å². The van der Waals surface area contributed by atoms with Crippen LogP contribution < -0.4 is 10.1 Å². The Labute approximate surface area is 155 Å². The third kappa shape index (κ3) is 5.93. The molecule has 1 aliphatic heterocycles. The van der Waals surface area contributed by atoms with Gasteiger partial charge in [-0.05, 0) is 65.2 Å². The minimum atomic E-state index is -0.536. The Kier molecular flexibility index (Phi) is 6.89. The summed E-state index contributed by atoms with van der Waals surface area (Å²) >= 11 is 0. The molecule has 0 saturated carbocycles. The molecule has 0 bridgehead atoms. The van der Waals surface area contributed by atoms with Gasteiger partial charge in [0.05, 0.1) is 6.61 Å². The molecule has 144 valence electrons. The largest absolute Gasteiger partial charge is 0.494 e. The highest BCUT2D eigenvalue weighted by molar-refractivity contribution is 5.95. The molecule has 1 saturated heterocycles. The summed E-state index contributed by atoms with van der Waals surface area (Å²) < 4.78 is 10.8. The number of benzene rings is 1. The van der Waals surface area contributed by atoms with E-state index in [-0.39, 0.29) is 11.9 Å². The van der Waals surface area contributed by atoms with Gasteiger partial charge in [0.1, 0.15) is 11.4 Å². The van der Waals surface area contributed by atoms with Crippen LogP contribution in [-0.4, -0.2) is 48.2 Å². The Morgan fingerprint density at radius 1 is 1.27 bits per heavy atom. The lowest BCUT2D eigenvalue weighted by atomic mass is 10.0. The lowest BCUT2D eigenvalue weighted by Gasteiger charge is -2.36. The van der Waals surface area contributed by atoms with Gasteiger partial charge in [0.15, 0.2) is 0 Å². The van der Waals surface area contributed by atoms with E-state index >= 15 is 0 Å². The van der Waals surface area contributed by atoms with E-state index in [4.69, 9.17) is 9.47 Å². The second-order valence-electron chi connectivity index (χ2n) is 7.49. The zero-order chi connectivity index (χ0) is 19.2. The number of alkyl carbamates (subject to hydrolysis) is 1. The van der Waals surface area contributed by atoms with Crippen LogP contribution in [0.4, 0.5) is 4.79 Å². The average molecular weight is 362 g/mol. The van der Waals surface area contributed by atoms with Crippen LogP contribution in [-0.2, 0) is 4.74 Å². The Balaban J connectivity index is 2.02. The maximum Gasteiger partial charge on any atom is 0.407 e. The van der Waals surface area contributed by atoms with Gasteiger partial charge in [0.25, 0.3) is 5.91 Å². The van der Waals surface area contributed by atoms with Crippen molar-refractivity contribution in [2.75, 3.05) is 19.7 Å². The predicted molar refractivity (Wildman–Crippen MR) is 101 cm³/mol. The Hall–Kier alpha value is -2.24. The lowest BCUT2D eigenvalue weighted by molar-refractivity contribution is 0.0462. The molecule has 2 amide bonds. The highest BCUT2D eigenvalue weighted by Gasteiger charge is 2.28. The Morgan fingerprint density at radius 3 is 2.73 bits per heavy atom. The van der Waals surface area contributed by atoms with Gasteiger partial charge in [0, 0.05) is 24.7 Å². The van der Waals surface area contributed by atoms with E-state index in [1.54, 1.807) is 12.1 Å². The first-order valence-electron chi connectivity index (χ1n) is 9.31. The number of rotatable bonds is 5. The number of ether oxygens (including phenoxy) is 2. The van der Waals surface area contributed by atoms with Gasteiger partial charge in [-0.2, -0.15) is 0 Å². The molecule has 1 aromatic carbocycles. The van der Waals surface area contributed by atoms with Crippen molar-refractivity contribution >= 4 is 12.0 Å². The number of nitrogens with one attached hydrogen (secondary N) is 1. The van der Waals surface area contributed by atoms with Crippen LogP contribution in [0.1, 0.15) is 57.3 Å². The molecule has 6 heteroatoms. The van der Waals surface area contributed by atoms with Crippen LogP contribution in [0.15, 0.2) is 24.3 Å². The summed E-state index contributed by atoms with van der Waals surface area (Å²) in [5.41, 5.74) is 0.0754. The number of carbonyl (C=O) groups is 2. The normalized spacial score (nSPS) is 17.5. The zero-order valence-electron chi connectivity index (χ0n) is 16.2. The summed E-state index contributed by atoms with van der Waals surface area (Å²) in [6, 6.07) is 7.23. The fourth-order valence-electron chi connectivity index (χ4n) is 3.05. The second kappa shape index (κ2) is 8.92. The van der Waals surface area contributed by atoms with Crippen LogP contribution >= 0.6 is 0 Å². The summed E-state index contributed by atoms with van der Waals surface area (Å²) in [5, 5.41) is 2.80. The first-order valence-corrected chi connectivity index (χ1v) is 9.31. The monoisotopic (exact) mass is 362 g/mol. The number of carbonyl (C=O) groups excluding carboxylic acids is 2. The standard InChI is InChI=1S/C20H30N2O4/c1-5-25-17-11-8-9-15(13-17)18(23)22-12-7-6-10-16(22)14-21-19(24)26-20(2,3)4/h8-9,11,13,16H,5-7,10,12,14H2,1-4H3,(H,21,24). The smallest absolute Gasteiger partial charge is 0.407 e. The van der Waals surface area contributed by atoms with Gasteiger partial charge in [0.2, 0.25) is 0 Å². The molecule has 1 aliphatic rings. The molecular weight excluding hydrogens is 332 g/mol. The molecule has 1 atom stereocenters. The molecule has 1 N–H and O–H groups in total. The van der Waals surface area contributed by atoms with Crippen molar-refractivity contribution in [1.82, 2.24) is 10.2 Å². The Morgan fingerprint density at radius 2 is 2.04 bits per heavy atom. The maximum atomic E-state index is 13.0. The minimum absolute atomic E-state index is 0.0257. The fourth-order valence-corrected chi connectivity index (χ4v) is 3.05. The van der Waals surface area contributed by atoms with Gasteiger partial charge < -0.3 is 19.7 Å². The van der Waals surface area contributed by atoms with Crippen molar-refractivity contribution in [2.24, 2.45) is 0 Å². The van der Waals surface area contributed by atoms with Crippen LogP contribution in [0, 0.1) is 0 Å². The van der Waals surface area contributed by atoms with E-state index in [0.717, 1.165) is 19.3 Å². The number of nitrogens with zero attached hydrogens (tertiary/aromatic N) is 1. The molecule has 2 rings (SSSR count). The van der Waals surface area contributed by atoms with Crippen molar-refractivity contribution in [3.8, 4) is 5.75 Å². The van der Waals surface area contributed by atoms with E-state index in [2.05, 4.69) is 5.32 Å². The van der Waals surface area contributed by atoms with Crippen LogP contribution in [0.3, 0.4) is 0 Å². The third-order valence-electron chi connectivity index (χ3n) is 4.16. The average Bonchev–Trinajstić information content (AvgIpc) is 2.59. The molecular formula is C20H30N2O4. The highest BCUT2D eigenvalue weighted by atomic mass is 16.6. The molecule has 0 radical (unpaired) electrons. The summed E-state index contributed by atoms with van der Waals surface area (Å²) in [6.45, 7) is 9.04. The molecule has 1 unspecified atom stereocenters. The van der Waals surface area contributed by atoms with Gasteiger partial charge in [-0.3, -0.25) is 4.79 Å². The van der Waals surface area contributed by atoms with E-state index in [1.165, 1.54) is 0 Å². The lowest BCUT2D eigenvalue weighted by Crippen LogP contribution is -2.50. The molecule has 0 spiro atoms. The summed E-state index contributed by atoms with van der Waals surface area (Å²) in [7, 11) is 0. The number of piperidine rings is 1. The third-order valence-corrected chi connectivity index (χ3v) is 4.16. The van der Waals surface area contributed by atoms with Crippen LogP contribution in [0.5, 0.6) is 5.75 Å². The zero-order valence-corrected chi connectivity index (χ0v) is 16.2. The number of hydrogen-bond donors (Lipinski definition) is 1. The summed E-state index contributed by atoms with van der Waals surface area (Å²) in [5.74, 6) is 0.668. The van der Waals surface area contributed by atoms with Crippen molar-refractivity contribution < 1.29 is 19.1 Å². The Bertz CT molecular complexity index is 624. The molecule has 1 fully saturated rings. The van der Waals surface area contributed by atoms with Gasteiger partial charge in [-0.15, -0.1) is 0 Å². The van der Waals surface area contributed by atoms with Gasteiger partial charge in [-0.25, -0.2) is 4.79 Å². The topological polar surface area (TPSA) is 67.9 Å². The van der Waals surface area contributed by atoms with Crippen molar-refractivity contribution in [2.45, 2.75) is 58.6 Å². The quantitative estimate of drug-likeness (QED) is 0.869. The van der Waals surface area contributed by atoms with Gasteiger partial charge >= 0.3 is 6.09 Å². The number of amides is 2. The van der Waals surface area contributed by atoms with Gasteiger partial charge in [-0.1, -0.05) is 6.07 Å². The molecule has 1 heterocycles. The molecule has 6 nitrogen and oxygen atoms in total. The molecule has 1 aromatic rings.